The molecule has 0 saturated heterocycles. The van der Waals surface area contributed by atoms with Gasteiger partial charge >= 0.3 is 0 Å². The number of hydrogen-bond acceptors (Lipinski definition) is 3. The van der Waals surface area contributed by atoms with Gasteiger partial charge in [0.2, 0.25) is 5.91 Å². The van der Waals surface area contributed by atoms with Crippen LogP contribution in [0.4, 0.5) is 0 Å². The van der Waals surface area contributed by atoms with E-state index in [0.717, 1.165) is 29.7 Å². The van der Waals surface area contributed by atoms with Gasteiger partial charge in [0.15, 0.2) is 0 Å². The van der Waals surface area contributed by atoms with Crippen molar-refractivity contribution in [2.75, 3.05) is 7.05 Å². The molecule has 0 bridgehead atoms. The van der Waals surface area contributed by atoms with Crippen molar-refractivity contribution in [3.05, 3.63) is 101 Å². The summed E-state index contributed by atoms with van der Waals surface area (Å²) in [6.45, 7) is 0.481. The first-order valence-electron chi connectivity index (χ1n) is 9.85. The summed E-state index contributed by atoms with van der Waals surface area (Å²) < 4.78 is 5.77. The number of likely N-dealkylation sites (N-methyl/N-ethyl adjacent to an activating group) is 1. The van der Waals surface area contributed by atoms with Crippen molar-refractivity contribution < 1.29 is 9.53 Å². The summed E-state index contributed by atoms with van der Waals surface area (Å²) in [5.41, 5.74) is 4.61. The smallest absolute Gasteiger partial charge is 0.246 e. The standard InChI is InChI=1S/C25H24N2O2/c1-27(24-14-11-21-6-2-3-7-23(21)24)25(28)15-10-19-8-12-22(13-9-19)29-18-20-5-4-16-26-17-20/h2-10,12-13,15-17,24H,11,14,18H2,1H3. The minimum Gasteiger partial charge on any atom is -0.489 e. The predicted octanol–water partition coefficient (Wildman–Crippen LogP) is 4.82. The highest BCUT2D eigenvalue weighted by Gasteiger charge is 2.27. The van der Waals surface area contributed by atoms with Gasteiger partial charge in [-0.3, -0.25) is 9.78 Å². The van der Waals surface area contributed by atoms with Crippen molar-refractivity contribution in [1.82, 2.24) is 9.88 Å². The quantitative estimate of drug-likeness (QED) is 0.572. The van der Waals surface area contributed by atoms with Gasteiger partial charge in [-0.1, -0.05) is 42.5 Å². The maximum atomic E-state index is 12.6. The number of carbonyl (C=O) groups excluding carboxylic acids is 1. The first-order chi connectivity index (χ1) is 14.2. The fraction of sp³-hybridized carbons (Fsp3) is 0.200. The van der Waals surface area contributed by atoms with Gasteiger partial charge in [0.1, 0.15) is 12.4 Å². The van der Waals surface area contributed by atoms with Crippen LogP contribution in [0.5, 0.6) is 5.75 Å². The minimum absolute atomic E-state index is 0.0172. The molecule has 1 aromatic heterocycles. The Bertz CT molecular complexity index is 997. The van der Waals surface area contributed by atoms with E-state index in [2.05, 4.69) is 23.2 Å². The molecular weight excluding hydrogens is 360 g/mol. The van der Waals surface area contributed by atoms with Crippen molar-refractivity contribution in [1.29, 1.82) is 0 Å². The summed E-state index contributed by atoms with van der Waals surface area (Å²) in [5.74, 6) is 0.806. The Morgan fingerprint density at radius 2 is 1.97 bits per heavy atom. The van der Waals surface area contributed by atoms with E-state index >= 15 is 0 Å². The molecule has 4 heteroatoms. The minimum atomic E-state index is 0.0172. The molecule has 0 saturated carbocycles. The first kappa shape index (κ1) is 18.9. The first-order valence-corrected chi connectivity index (χ1v) is 9.85. The lowest BCUT2D eigenvalue weighted by atomic mass is 10.1. The van der Waals surface area contributed by atoms with Gasteiger partial charge in [-0.2, -0.15) is 0 Å². The number of benzene rings is 2. The molecule has 1 aliphatic rings. The van der Waals surface area contributed by atoms with Gasteiger partial charge < -0.3 is 9.64 Å². The number of fused-ring (bicyclic) bond motifs is 1. The average Bonchev–Trinajstić information content (AvgIpc) is 3.21. The lowest BCUT2D eigenvalue weighted by Crippen LogP contribution is -2.28. The normalized spacial score (nSPS) is 15.3. The fourth-order valence-electron chi connectivity index (χ4n) is 3.70. The molecule has 1 unspecified atom stereocenters. The summed E-state index contributed by atoms with van der Waals surface area (Å²) in [7, 11) is 1.88. The van der Waals surface area contributed by atoms with Crippen molar-refractivity contribution in [2.24, 2.45) is 0 Å². The molecule has 0 aliphatic heterocycles. The Labute approximate surface area is 171 Å². The summed E-state index contributed by atoms with van der Waals surface area (Å²) in [6.07, 6.45) is 9.05. The highest BCUT2D eigenvalue weighted by Crippen LogP contribution is 2.34. The van der Waals surface area contributed by atoms with Gasteiger partial charge in [-0.05, 0) is 53.8 Å². The van der Waals surface area contributed by atoms with E-state index in [9.17, 15) is 4.79 Å². The van der Waals surface area contributed by atoms with Crippen molar-refractivity contribution in [2.45, 2.75) is 25.5 Å². The summed E-state index contributed by atoms with van der Waals surface area (Å²) >= 11 is 0. The van der Waals surface area contributed by atoms with E-state index in [0.29, 0.717) is 6.61 Å². The van der Waals surface area contributed by atoms with Gasteiger partial charge in [-0.25, -0.2) is 0 Å². The molecule has 29 heavy (non-hydrogen) atoms. The Hall–Kier alpha value is -3.40. The van der Waals surface area contributed by atoms with Crippen LogP contribution < -0.4 is 4.74 Å². The summed E-state index contributed by atoms with van der Waals surface area (Å²) in [5, 5.41) is 0. The van der Waals surface area contributed by atoms with Crippen LogP contribution in [0.1, 0.15) is 34.7 Å². The van der Waals surface area contributed by atoms with Crippen molar-refractivity contribution in [3.63, 3.8) is 0 Å². The molecule has 0 fully saturated rings. The molecule has 0 radical (unpaired) electrons. The van der Waals surface area contributed by atoms with Crippen molar-refractivity contribution >= 4 is 12.0 Å². The maximum Gasteiger partial charge on any atom is 0.246 e. The summed E-state index contributed by atoms with van der Waals surface area (Å²) in [6, 6.07) is 20.2. The van der Waals surface area contributed by atoms with E-state index in [4.69, 9.17) is 4.74 Å². The number of aryl methyl sites for hydroxylation is 1. The van der Waals surface area contributed by atoms with Crippen LogP contribution in [0.3, 0.4) is 0 Å². The Morgan fingerprint density at radius 1 is 1.14 bits per heavy atom. The highest BCUT2D eigenvalue weighted by molar-refractivity contribution is 5.92. The highest BCUT2D eigenvalue weighted by atomic mass is 16.5. The second kappa shape index (κ2) is 8.74. The fourth-order valence-corrected chi connectivity index (χ4v) is 3.70. The number of ether oxygens (including phenoxy) is 1. The molecule has 1 amide bonds. The Kier molecular flexibility index (Phi) is 5.71. The van der Waals surface area contributed by atoms with Crippen LogP contribution in [0.2, 0.25) is 0 Å². The van der Waals surface area contributed by atoms with Gasteiger partial charge in [0.05, 0.1) is 6.04 Å². The Morgan fingerprint density at radius 3 is 2.76 bits per heavy atom. The molecule has 3 aromatic rings. The lowest BCUT2D eigenvalue weighted by Gasteiger charge is -2.24. The number of pyridine rings is 1. The second-order valence-corrected chi connectivity index (χ2v) is 7.25. The zero-order valence-electron chi connectivity index (χ0n) is 16.5. The SMILES string of the molecule is CN(C(=O)C=Cc1ccc(OCc2cccnc2)cc1)C1CCc2ccccc21. The van der Waals surface area contributed by atoms with E-state index < -0.39 is 0 Å². The third-order valence-electron chi connectivity index (χ3n) is 5.34. The second-order valence-electron chi connectivity index (χ2n) is 7.25. The van der Waals surface area contributed by atoms with Crippen LogP contribution in [-0.4, -0.2) is 22.8 Å². The molecule has 2 aromatic carbocycles. The third kappa shape index (κ3) is 4.54. The number of nitrogens with zero attached hydrogens (tertiary/aromatic N) is 2. The molecule has 0 spiro atoms. The number of amides is 1. The van der Waals surface area contributed by atoms with Gasteiger partial charge in [0.25, 0.3) is 0 Å². The molecule has 0 N–H and O–H groups in total. The molecular formula is C25H24N2O2. The van der Waals surface area contributed by atoms with E-state index in [-0.39, 0.29) is 11.9 Å². The largest absolute Gasteiger partial charge is 0.489 e. The number of aromatic nitrogens is 1. The lowest BCUT2D eigenvalue weighted by molar-refractivity contribution is -0.126. The summed E-state index contributed by atoms with van der Waals surface area (Å²) in [4.78, 5) is 18.6. The zero-order valence-corrected chi connectivity index (χ0v) is 16.5. The molecule has 4 rings (SSSR count). The third-order valence-corrected chi connectivity index (χ3v) is 5.34. The predicted molar refractivity (Wildman–Crippen MR) is 114 cm³/mol. The van der Waals surface area contributed by atoms with Crippen LogP contribution in [0.15, 0.2) is 79.1 Å². The van der Waals surface area contributed by atoms with E-state index in [1.54, 1.807) is 18.5 Å². The average molecular weight is 384 g/mol. The Balaban J connectivity index is 1.34. The monoisotopic (exact) mass is 384 g/mol. The van der Waals surface area contributed by atoms with Gasteiger partial charge in [-0.15, -0.1) is 0 Å². The van der Waals surface area contributed by atoms with E-state index in [1.807, 2.05) is 60.5 Å². The molecule has 1 heterocycles. The molecule has 4 nitrogen and oxygen atoms in total. The number of hydrogen-bond donors (Lipinski definition) is 0. The van der Waals surface area contributed by atoms with Crippen molar-refractivity contribution in [3.8, 4) is 5.75 Å². The molecule has 1 atom stereocenters. The zero-order chi connectivity index (χ0) is 20.1. The van der Waals surface area contributed by atoms with Crippen LogP contribution in [-0.2, 0) is 17.8 Å². The maximum absolute atomic E-state index is 12.6. The molecule has 146 valence electrons. The number of carbonyl (C=O) groups is 1. The number of rotatable bonds is 6. The van der Waals surface area contributed by atoms with Gasteiger partial charge in [0, 0.05) is 31.1 Å². The van der Waals surface area contributed by atoms with Crippen LogP contribution in [0, 0.1) is 0 Å². The van der Waals surface area contributed by atoms with E-state index in [1.165, 1.54) is 11.1 Å². The van der Waals surface area contributed by atoms with Crippen LogP contribution >= 0.6 is 0 Å². The topological polar surface area (TPSA) is 42.4 Å². The van der Waals surface area contributed by atoms with Crippen LogP contribution in [0.25, 0.3) is 6.08 Å². The molecule has 1 aliphatic carbocycles.